The highest BCUT2D eigenvalue weighted by Gasteiger charge is 2.45. The van der Waals surface area contributed by atoms with E-state index in [2.05, 4.69) is 27.9 Å². The van der Waals surface area contributed by atoms with Crippen LogP contribution in [-0.4, -0.2) is 23.0 Å². The molecule has 6 heteroatoms. The Bertz CT molecular complexity index is 563. The third-order valence-corrected chi connectivity index (χ3v) is 5.51. The molecule has 4 nitrogen and oxygen atoms in total. The van der Waals surface area contributed by atoms with Crippen LogP contribution in [0.25, 0.3) is 0 Å². The zero-order valence-electron chi connectivity index (χ0n) is 11.0. The van der Waals surface area contributed by atoms with Gasteiger partial charge in [0.15, 0.2) is 0 Å². The molecule has 2 N–H and O–H groups in total. The monoisotopic (exact) mass is 407 g/mol. The van der Waals surface area contributed by atoms with Crippen molar-refractivity contribution in [2.24, 2.45) is 5.41 Å². The average molecular weight is 408 g/mol. The van der Waals surface area contributed by atoms with E-state index in [4.69, 9.17) is 11.6 Å². The highest BCUT2D eigenvalue weighted by atomic mass is 127. The second kappa shape index (κ2) is 5.89. The highest BCUT2D eigenvalue weighted by molar-refractivity contribution is 14.1. The van der Waals surface area contributed by atoms with E-state index in [0.717, 1.165) is 9.99 Å². The Morgan fingerprint density at radius 3 is 2.80 bits per heavy atom. The third-order valence-electron chi connectivity index (χ3n) is 3.93. The molecular formula is C14H15ClINO3. The van der Waals surface area contributed by atoms with E-state index >= 15 is 0 Å². The molecule has 2 rings (SSSR count). The predicted molar refractivity (Wildman–Crippen MR) is 85.0 cm³/mol. The van der Waals surface area contributed by atoms with Gasteiger partial charge in [0.25, 0.3) is 5.91 Å². The van der Waals surface area contributed by atoms with Gasteiger partial charge in [-0.1, -0.05) is 18.0 Å². The second-order valence-electron chi connectivity index (χ2n) is 5.27. The van der Waals surface area contributed by atoms with E-state index < -0.39 is 11.4 Å². The summed E-state index contributed by atoms with van der Waals surface area (Å²) in [5.74, 6) is -1.14. The first-order chi connectivity index (χ1) is 9.34. The number of hydrogen-bond acceptors (Lipinski definition) is 2. The lowest BCUT2D eigenvalue weighted by Crippen LogP contribution is -2.47. The van der Waals surface area contributed by atoms with Crippen molar-refractivity contribution in [3.8, 4) is 0 Å². The molecule has 0 aliphatic heterocycles. The summed E-state index contributed by atoms with van der Waals surface area (Å²) in [4.78, 5) is 23.6. The van der Waals surface area contributed by atoms with Crippen LogP contribution in [-0.2, 0) is 4.79 Å². The van der Waals surface area contributed by atoms with E-state index in [9.17, 15) is 14.7 Å². The summed E-state index contributed by atoms with van der Waals surface area (Å²) in [6, 6.07) is 4.72. The Morgan fingerprint density at radius 1 is 1.50 bits per heavy atom. The van der Waals surface area contributed by atoms with Crippen LogP contribution < -0.4 is 5.32 Å². The van der Waals surface area contributed by atoms with Gasteiger partial charge in [-0.05, 0) is 60.6 Å². The van der Waals surface area contributed by atoms with E-state index in [1.54, 1.807) is 25.1 Å². The summed E-state index contributed by atoms with van der Waals surface area (Å²) >= 11 is 8.09. The van der Waals surface area contributed by atoms with Crippen LogP contribution >= 0.6 is 34.2 Å². The van der Waals surface area contributed by atoms with Crippen LogP contribution in [0.5, 0.6) is 0 Å². The molecule has 1 aliphatic carbocycles. The molecule has 0 heterocycles. The van der Waals surface area contributed by atoms with E-state index in [-0.39, 0.29) is 11.9 Å². The van der Waals surface area contributed by atoms with Gasteiger partial charge in [-0.2, -0.15) is 0 Å². The number of halogens is 2. The molecule has 2 atom stereocenters. The minimum absolute atomic E-state index is 0.275. The van der Waals surface area contributed by atoms with E-state index in [1.807, 2.05) is 0 Å². The molecule has 1 aromatic carbocycles. The van der Waals surface area contributed by atoms with Gasteiger partial charge in [0.05, 0.1) is 10.4 Å². The Morgan fingerprint density at radius 2 is 2.20 bits per heavy atom. The Balaban J connectivity index is 2.15. The number of carboxylic acid groups (broad SMARTS) is 1. The summed E-state index contributed by atoms with van der Waals surface area (Å²) < 4.78 is 0.872. The van der Waals surface area contributed by atoms with Crippen molar-refractivity contribution >= 4 is 46.1 Å². The van der Waals surface area contributed by atoms with Crippen LogP contribution in [0.4, 0.5) is 0 Å². The Labute approximate surface area is 136 Å². The van der Waals surface area contributed by atoms with Crippen molar-refractivity contribution in [1.82, 2.24) is 5.32 Å². The van der Waals surface area contributed by atoms with Gasteiger partial charge in [0, 0.05) is 15.2 Å². The number of benzene rings is 1. The van der Waals surface area contributed by atoms with E-state index in [0.29, 0.717) is 23.4 Å². The number of rotatable bonds is 3. The summed E-state index contributed by atoms with van der Waals surface area (Å²) in [7, 11) is 0. The van der Waals surface area contributed by atoms with Crippen LogP contribution in [0.15, 0.2) is 18.2 Å². The van der Waals surface area contributed by atoms with Crippen LogP contribution in [0.2, 0.25) is 5.02 Å². The molecule has 1 aliphatic rings. The molecule has 1 fully saturated rings. The highest BCUT2D eigenvalue weighted by Crippen LogP contribution is 2.38. The largest absolute Gasteiger partial charge is 0.481 e. The van der Waals surface area contributed by atoms with Crippen LogP contribution in [0.3, 0.4) is 0 Å². The van der Waals surface area contributed by atoms with Crippen molar-refractivity contribution < 1.29 is 14.7 Å². The van der Waals surface area contributed by atoms with Gasteiger partial charge < -0.3 is 10.4 Å². The molecule has 2 unspecified atom stereocenters. The number of nitrogens with one attached hydrogen (secondary N) is 1. The molecule has 1 saturated carbocycles. The minimum atomic E-state index is -0.886. The molecule has 1 aromatic rings. The van der Waals surface area contributed by atoms with Crippen molar-refractivity contribution in [3.05, 3.63) is 32.4 Å². The zero-order chi connectivity index (χ0) is 14.9. The fraction of sp³-hybridized carbons (Fsp3) is 0.429. The predicted octanol–water partition coefficient (Wildman–Crippen LogP) is 3.32. The summed E-state index contributed by atoms with van der Waals surface area (Å²) in [5, 5.41) is 12.7. The first-order valence-electron chi connectivity index (χ1n) is 6.34. The molecule has 20 heavy (non-hydrogen) atoms. The lowest BCUT2D eigenvalue weighted by molar-refractivity contribution is -0.148. The fourth-order valence-electron chi connectivity index (χ4n) is 2.53. The molecule has 0 spiro atoms. The number of carbonyl (C=O) groups is 2. The average Bonchev–Trinajstić information content (AvgIpc) is 2.75. The summed E-state index contributed by atoms with van der Waals surface area (Å²) in [6.07, 6.45) is 2.08. The SMILES string of the molecule is CC1(C(=O)O)CCCC1NC(=O)c1ccc(I)c(Cl)c1. The summed E-state index contributed by atoms with van der Waals surface area (Å²) in [6.45, 7) is 1.69. The smallest absolute Gasteiger partial charge is 0.311 e. The van der Waals surface area contributed by atoms with Gasteiger partial charge in [0.1, 0.15) is 0 Å². The second-order valence-corrected chi connectivity index (χ2v) is 6.84. The minimum Gasteiger partial charge on any atom is -0.481 e. The van der Waals surface area contributed by atoms with Gasteiger partial charge in [-0.3, -0.25) is 9.59 Å². The topological polar surface area (TPSA) is 66.4 Å². The molecule has 0 aromatic heterocycles. The summed E-state index contributed by atoms with van der Waals surface area (Å²) in [5.41, 5.74) is -0.432. The third kappa shape index (κ3) is 2.93. The van der Waals surface area contributed by atoms with Gasteiger partial charge in [-0.15, -0.1) is 0 Å². The molecule has 1 amide bonds. The first kappa shape index (κ1) is 15.6. The van der Waals surface area contributed by atoms with Gasteiger partial charge in [0.2, 0.25) is 0 Å². The molecule has 0 radical (unpaired) electrons. The maximum Gasteiger partial charge on any atom is 0.311 e. The number of carboxylic acids is 1. The lowest BCUT2D eigenvalue weighted by atomic mass is 9.85. The van der Waals surface area contributed by atoms with Crippen molar-refractivity contribution in [1.29, 1.82) is 0 Å². The van der Waals surface area contributed by atoms with Crippen molar-refractivity contribution in [2.75, 3.05) is 0 Å². The maximum absolute atomic E-state index is 12.2. The first-order valence-corrected chi connectivity index (χ1v) is 7.79. The van der Waals surface area contributed by atoms with Gasteiger partial charge >= 0.3 is 5.97 Å². The van der Waals surface area contributed by atoms with Crippen LogP contribution in [0.1, 0.15) is 36.5 Å². The molecule has 108 valence electrons. The van der Waals surface area contributed by atoms with Crippen molar-refractivity contribution in [2.45, 2.75) is 32.2 Å². The standard InChI is InChI=1S/C14H15ClINO3/c1-14(13(19)20)6-2-3-11(14)17-12(18)8-4-5-10(16)9(15)7-8/h4-5,7,11H,2-3,6H2,1H3,(H,17,18)(H,19,20). The zero-order valence-corrected chi connectivity index (χ0v) is 13.9. The Hall–Kier alpha value is -0.820. The van der Waals surface area contributed by atoms with Crippen molar-refractivity contribution in [3.63, 3.8) is 0 Å². The van der Waals surface area contributed by atoms with Crippen LogP contribution in [0, 0.1) is 8.99 Å². The number of carbonyl (C=O) groups excluding carboxylic acids is 1. The van der Waals surface area contributed by atoms with Gasteiger partial charge in [-0.25, -0.2) is 0 Å². The number of aliphatic carboxylic acids is 1. The maximum atomic E-state index is 12.2. The fourth-order valence-corrected chi connectivity index (χ4v) is 3.05. The van der Waals surface area contributed by atoms with E-state index in [1.165, 1.54) is 0 Å². The molecule has 0 saturated heterocycles. The molecular weight excluding hydrogens is 393 g/mol. The number of amides is 1. The number of hydrogen-bond donors (Lipinski definition) is 2. The quantitative estimate of drug-likeness (QED) is 0.756. The molecule has 0 bridgehead atoms. The normalized spacial score (nSPS) is 25.4. The Kier molecular flexibility index (Phi) is 4.59. The lowest BCUT2D eigenvalue weighted by Gasteiger charge is -2.27.